The summed E-state index contributed by atoms with van der Waals surface area (Å²) in [5, 5.41) is 9.22. The highest BCUT2D eigenvalue weighted by atomic mass is 16.3. The fourth-order valence-corrected chi connectivity index (χ4v) is 2.22. The molecule has 1 N–H and O–H groups in total. The Labute approximate surface area is 91.7 Å². The number of aliphatic hydroxyl groups excluding tert-OH is 1. The van der Waals surface area contributed by atoms with Crippen LogP contribution in [0.3, 0.4) is 0 Å². The molecule has 0 aromatic rings. The fraction of sp³-hybridized carbons (Fsp3) is 0.615. The van der Waals surface area contributed by atoms with Gasteiger partial charge in [-0.25, -0.2) is 0 Å². The van der Waals surface area contributed by atoms with Gasteiger partial charge in [-0.3, -0.25) is 4.79 Å². The van der Waals surface area contributed by atoms with Crippen molar-refractivity contribution < 1.29 is 9.90 Å². The third-order valence-electron chi connectivity index (χ3n) is 2.83. The lowest BCUT2D eigenvalue weighted by Crippen LogP contribution is -2.25. The van der Waals surface area contributed by atoms with Gasteiger partial charge in [-0.15, -0.1) is 0 Å². The second kappa shape index (κ2) is 4.31. The van der Waals surface area contributed by atoms with E-state index in [1.54, 1.807) is 13.0 Å². The summed E-state index contributed by atoms with van der Waals surface area (Å²) in [6, 6.07) is 0. The van der Waals surface area contributed by atoms with E-state index in [1.165, 1.54) is 5.57 Å². The van der Waals surface area contributed by atoms with Gasteiger partial charge < -0.3 is 5.11 Å². The first kappa shape index (κ1) is 12.2. The number of allylic oxidation sites excluding steroid dienone is 3. The molecule has 0 saturated carbocycles. The van der Waals surface area contributed by atoms with E-state index < -0.39 is 6.10 Å². The number of carbonyl (C=O) groups excluding carboxylic acids is 1. The smallest absolute Gasteiger partial charge is 0.137 e. The Kier molecular flexibility index (Phi) is 3.50. The van der Waals surface area contributed by atoms with E-state index >= 15 is 0 Å². The number of rotatable bonds is 2. The SMILES string of the molecule is CC1=C(/C=C/C(C)O)C(C)(C)CC(=O)C1. The summed E-state index contributed by atoms with van der Waals surface area (Å²) in [7, 11) is 0. The molecule has 0 bridgehead atoms. The lowest BCUT2D eigenvalue weighted by atomic mass is 9.72. The number of carbonyl (C=O) groups is 1. The molecule has 0 heterocycles. The van der Waals surface area contributed by atoms with Crippen molar-refractivity contribution in [3.63, 3.8) is 0 Å². The minimum atomic E-state index is -0.432. The number of ketones is 1. The summed E-state index contributed by atoms with van der Waals surface area (Å²) in [6.45, 7) is 7.89. The molecule has 0 aliphatic heterocycles. The Morgan fingerprint density at radius 1 is 1.47 bits per heavy atom. The number of aliphatic hydroxyl groups is 1. The van der Waals surface area contributed by atoms with Crippen LogP contribution in [0.15, 0.2) is 23.3 Å². The van der Waals surface area contributed by atoms with Crippen molar-refractivity contribution in [2.45, 2.75) is 46.6 Å². The Bertz CT molecular complexity index is 319. The molecule has 2 nitrogen and oxygen atoms in total. The molecule has 15 heavy (non-hydrogen) atoms. The van der Waals surface area contributed by atoms with Gasteiger partial charge in [-0.2, -0.15) is 0 Å². The van der Waals surface area contributed by atoms with Crippen molar-refractivity contribution in [1.82, 2.24) is 0 Å². The highest BCUT2D eigenvalue weighted by Crippen LogP contribution is 2.39. The van der Waals surface area contributed by atoms with Crippen LogP contribution in [-0.4, -0.2) is 17.0 Å². The number of hydrogen-bond donors (Lipinski definition) is 1. The van der Waals surface area contributed by atoms with Crippen LogP contribution in [0.4, 0.5) is 0 Å². The zero-order valence-electron chi connectivity index (χ0n) is 10.0. The van der Waals surface area contributed by atoms with Crippen LogP contribution in [0.5, 0.6) is 0 Å². The van der Waals surface area contributed by atoms with Gasteiger partial charge in [-0.1, -0.05) is 31.6 Å². The van der Waals surface area contributed by atoms with E-state index in [1.807, 2.05) is 13.0 Å². The molecule has 1 atom stereocenters. The van der Waals surface area contributed by atoms with Gasteiger partial charge >= 0.3 is 0 Å². The quantitative estimate of drug-likeness (QED) is 0.757. The molecule has 0 radical (unpaired) electrons. The molecule has 0 amide bonds. The molecule has 1 unspecified atom stereocenters. The van der Waals surface area contributed by atoms with E-state index in [9.17, 15) is 9.90 Å². The second-order valence-corrected chi connectivity index (χ2v) is 5.07. The summed E-state index contributed by atoms with van der Waals surface area (Å²) < 4.78 is 0. The van der Waals surface area contributed by atoms with E-state index in [-0.39, 0.29) is 5.41 Å². The van der Waals surface area contributed by atoms with E-state index in [2.05, 4.69) is 13.8 Å². The molecule has 84 valence electrons. The highest BCUT2D eigenvalue weighted by Gasteiger charge is 2.31. The Morgan fingerprint density at radius 2 is 2.07 bits per heavy atom. The van der Waals surface area contributed by atoms with Crippen molar-refractivity contribution in [3.8, 4) is 0 Å². The van der Waals surface area contributed by atoms with E-state index in [0.29, 0.717) is 18.6 Å². The zero-order chi connectivity index (χ0) is 11.6. The molecule has 0 aromatic carbocycles. The van der Waals surface area contributed by atoms with Crippen molar-refractivity contribution >= 4 is 5.78 Å². The Morgan fingerprint density at radius 3 is 2.53 bits per heavy atom. The van der Waals surface area contributed by atoms with Crippen LogP contribution >= 0.6 is 0 Å². The monoisotopic (exact) mass is 208 g/mol. The first-order valence-corrected chi connectivity index (χ1v) is 5.41. The normalized spacial score (nSPS) is 23.7. The molecule has 1 aliphatic carbocycles. The first-order chi connectivity index (χ1) is 6.83. The van der Waals surface area contributed by atoms with Gasteiger partial charge in [-0.05, 0) is 24.8 Å². The predicted octanol–water partition coefficient (Wildman–Crippen LogP) is 2.63. The topological polar surface area (TPSA) is 37.3 Å². The average Bonchev–Trinajstić information content (AvgIpc) is 1.98. The number of Topliss-reactive ketones (excluding diaryl/α,β-unsaturated/α-hetero) is 1. The lowest BCUT2D eigenvalue weighted by molar-refractivity contribution is -0.120. The maximum absolute atomic E-state index is 11.5. The Balaban J connectivity index is 3.01. The van der Waals surface area contributed by atoms with Gasteiger partial charge in [0.25, 0.3) is 0 Å². The maximum Gasteiger partial charge on any atom is 0.137 e. The van der Waals surface area contributed by atoms with Crippen LogP contribution < -0.4 is 0 Å². The van der Waals surface area contributed by atoms with Crippen LogP contribution in [0.25, 0.3) is 0 Å². The average molecular weight is 208 g/mol. The fourth-order valence-electron chi connectivity index (χ4n) is 2.22. The highest BCUT2D eigenvalue weighted by molar-refractivity contribution is 5.84. The maximum atomic E-state index is 11.5. The predicted molar refractivity (Wildman–Crippen MR) is 61.5 cm³/mol. The van der Waals surface area contributed by atoms with E-state index in [0.717, 1.165) is 5.57 Å². The molecule has 1 rings (SSSR count). The van der Waals surface area contributed by atoms with E-state index in [4.69, 9.17) is 0 Å². The molecule has 2 heteroatoms. The van der Waals surface area contributed by atoms with Gasteiger partial charge in [0.2, 0.25) is 0 Å². The molecular weight excluding hydrogens is 188 g/mol. The van der Waals surface area contributed by atoms with Gasteiger partial charge in [0.15, 0.2) is 0 Å². The zero-order valence-corrected chi connectivity index (χ0v) is 10.0. The number of hydrogen-bond acceptors (Lipinski definition) is 2. The van der Waals surface area contributed by atoms with Crippen molar-refractivity contribution in [2.24, 2.45) is 5.41 Å². The van der Waals surface area contributed by atoms with Crippen molar-refractivity contribution in [1.29, 1.82) is 0 Å². The van der Waals surface area contributed by atoms with Crippen molar-refractivity contribution in [3.05, 3.63) is 23.3 Å². The first-order valence-electron chi connectivity index (χ1n) is 5.41. The third kappa shape index (κ3) is 3.03. The minimum absolute atomic E-state index is 0.0925. The molecule has 0 fully saturated rings. The summed E-state index contributed by atoms with van der Waals surface area (Å²) in [6.07, 6.45) is 4.47. The van der Waals surface area contributed by atoms with Gasteiger partial charge in [0.05, 0.1) is 6.10 Å². The molecule has 0 saturated heterocycles. The molecule has 0 spiro atoms. The standard InChI is InChI=1S/C13H20O2/c1-9-7-11(15)8-13(3,4)12(9)6-5-10(2)14/h5-6,10,14H,7-8H2,1-4H3/b6-5+. The largest absolute Gasteiger partial charge is 0.389 e. The molecular formula is C13H20O2. The van der Waals surface area contributed by atoms with Gasteiger partial charge in [0.1, 0.15) is 5.78 Å². The van der Waals surface area contributed by atoms with Gasteiger partial charge in [0, 0.05) is 12.8 Å². The van der Waals surface area contributed by atoms with Crippen LogP contribution in [0.2, 0.25) is 0 Å². The minimum Gasteiger partial charge on any atom is -0.389 e. The summed E-state index contributed by atoms with van der Waals surface area (Å²) in [5.41, 5.74) is 2.24. The summed E-state index contributed by atoms with van der Waals surface area (Å²) in [4.78, 5) is 11.5. The molecule has 1 aliphatic rings. The van der Waals surface area contributed by atoms with Crippen molar-refractivity contribution in [2.75, 3.05) is 0 Å². The van der Waals surface area contributed by atoms with Crippen LogP contribution in [0.1, 0.15) is 40.5 Å². The second-order valence-electron chi connectivity index (χ2n) is 5.07. The van der Waals surface area contributed by atoms with Crippen LogP contribution in [-0.2, 0) is 4.79 Å². The lowest BCUT2D eigenvalue weighted by Gasteiger charge is -2.32. The summed E-state index contributed by atoms with van der Waals surface area (Å²) >= 11 is 0. The third-order valence-corrected chi connectivity index (χ3v) is 2.83. The summed E-state index contributed by atoms with van der Waals surface area (Å²) in [5.74, 6) is 0.312. The Hall–Kier alpha value is -0.890. The molecule has 0 aromatic heterocycles. The van der Waals surface area contributed by atoms with Crippen LogP contribution in [0, 0.1) is 5.41 Å².